The van der Waals surface area contributed by atoms with Crippen molar-refractivity contribution in [3.8, 4) is 22.6 Å². The Hall–Kier alpha value is -2.78. The Labute approximate surface area is 141 Å². The van der Waals surface area contributed by atoms with Gasteiger partial charge in [-0.2, -0.15) is 0 Å². The van der Waals surface area contributed by atoms with Gasteiger partial charge in [-0.05, 0) is 34.4 Å². The van der Waals surface area contributed by atoms with E-state index in [9.17, 15) is 0 Å². The fraction of sp³-hybridized carbons (Fsp3) is 0.143. The summed E-state index contributed by atoms with van der Waals surface area (Å²) in [5.41, 5.74) is 4.96. The molecule has 3 nitrogen and oxygen atoms in total. The Morgan fingerprint density at radius 3 is 2.17 bits per heavy atom. The van der Waals surface area contributed by atoms with Crippen LogP contribution in [0.5, 0.6) is 11.5 Å². The van der Waals surface area contributed by atoms with Crippen molar-refractivity contribution in [2.24, 2.45) is 0 Å². The minimum absolute atomic E-state index is 0.319. The SMILES string of the molecule is c1ccc(-c2ccc(CNCc3ccc4c(c3)OCO4)cc2)cc1. The van der Waals surface area contributed by atoms with Crippen molar-refractivity contribution < 1.29 is 9.47 Å². The lowest BCUT2D eigenvalue weighted by Gasteiger charge is -2.07. The third kappa shape index (κ3) is 3.26. The Kier molecular flexibility index (Phi) is 4.17. The van der Waals surface area contributed by atoms with Crippen LogP contribution in [0.3, 0.4) is 0 Å². The van der Waals surface area contributed by atoms with Crippen molar-refractivity contribution in [1.29, 1.82) is 0 Å². The first kappa shape index (κ1) is 14.8. The number of rotatable bonds is 5. The van der Waals surface area contributed by atoms with Gasteiger partial charge in [0, 0.05) is 13.1 Å². The van der Waals surface area contributed by atoms with E-state index in [4.69, 9.17) is 9.47 Å². The van der Waals surface area contributed by atoms with Gasteiger partial charge in [0.15, 0.2) is 11.5 Å². The zero-order valence-corrected chi connectivity index (χ0v) is 13.4. The second-order valence-corrected chi connectivity index (χ2v) is 5.85. The first-order chi connectivity index (χ1) is 11.9. The standard InChI is InChI=1S/C21H19NO2/c1-2-4-18(5-3-1)19-9-6-16(7-10-19)13-22-14-17-8-11-20-21(12-17)24-15-23-20/h1-12,22H,13-15H2. The maximum Gasteiger partial charge on any atom is 0.231 e. The number of hydrogen-bond acceptors (Lipinski definition) is 3. The average Bonchev–Trinajstić information content (AvgIpc) is 3.11. The normalized spacial score (nSPS) is 12.3. The number of ether oxygens (including phenoxy) is 2. The van der Waals surface area contributed by atoms with Crippen LogP contribution in [-0.2, 0) is 13.1 Å². The van der Waals surface area contributed by atoms with E-state index in [0.717, 1.165) is 24.6 Å². The molecule has 0 unspecified atom stereocenters. The summed E-state index contributed by atoms with van der Waals surface area (Å²) in [6.07, 6.45) is 0. The molecule has 1 aliphatic rings. The molecular formula is C21H19NO2. The molecule has 1 aliphatic heterocycles. The molecule has 24 heavy (non-hydrogen) atoms. The third-order valence-electron chi connectivity index (χ3n) is 4.16. The molecule has 3 heteroatoms. The Balaban J connectivity index is 1.35. The van der Waals surface area contributed by atoms with Gasteiger partial charge in [-0.1, -0.05) is 60.7 Å². The Bertz CT molecular complexity index is 813. The quantitative estimate of drug-likeness (QED) is 0.758. The van der Waals surface area contributed by atoms with Gasteiger partial charge >= 0.3 is 0 Å². The molecule has 0 bridgehead atoms. The van der Waals surface area contributed by atoms with Crippen molar-refractivity contribution in [3.05, 3.63) is 83.9 Å². The topological polar surface area (TPSA) is 30.5 Å². The van der Waals surface area contributed by atoms with Crippen LogP contribution < -0.4 is 14.8 Å². The maximum absolute atomic E-state index is 5.41. The van der Waals surface area contributed by atoms with Gasteiger partial charge in [-0.3, -0.25) is 0 Å². The highest BCUT2D eigenvalue weighted by atomic mass is 16.7. The monoisotopic (exact) mass is 317 g/mol. The van der Waals surface area contributed by atoms with E-state index in [1.807, 2.05) is 18.2 Å². The summed E-state index contributed by atoms with van der Waals surface area (Å²) in [6, 6.07) is 25.2. The molecule has 1 N–H and O–H groups in total. The fourth-order valence-corrected chi connectivity index (χ4v) is 2.85. The van der Waals surface area contributed by atoms with Crippen LogP contribution in [0.15, 0.2) is 72.8 Å². The molecule has 3 aromatic carbocycles. The molecule has 0 spiro atoms. The molecular weight excluding hydrogens is 298 g/mol. The zero-order valence-electron chi connectivity index (χ0n) is 13.4. The van der Waals surface area contributed by atoms with Crippen LogP contribution in [0.2, 0.25) is 0 Å². The van der Waals surface area contributed by atoms with Gasteiger partial charge in [0.25, 0.3) is 0 Å². The highest BCUT2D eigenvalue weighted by Crippen LogP contribution is 2.32. The van der Waals surface area contributed by atoms with E-state index < -0.39 is 0 Å². The van der Waals surface area contributed by atoms with Crippen molar-refractivity contribution >= 4 is 0 Å². The van der Waals surface area contributed by atoms with E-state index >= 15 is 0 Å². The predicted octanol–water partition coefficient (Wildman–Crippen LogP) is 4.37. The molecule has 0 amide bonds. The molecule has 0 fully saturated rings. The lowest BCUT2D eigenvalue weighted by Crippen LogP contribution is -2.12. The molecule has 4 rings (SSSR count). The highest BCUT2D eigenvalue weighted by molar-refractivity contribution is 5.63. The first-order valence-corrected chi connectivity index (χ1v) is 8.12. The van der Waals surface area contributed by atoms with Gasteiger partial charge in [0.1, 0.15) is 0 Å². The van der Waals surface area contributed by atoms with E-state index in [0.29, 0.717) is 6.79 Å². The van der Waals surface area contributed by atoms with Gasteiger partial charge in [-0.15, -0.1) is 0 Å². The average molecular weight is 317 g/mol. The number of hydrogen-bond donors (Lipinski definition) is 1. The van der Waals surface area contributed by atoms with E-state index in [2.05, 4.69) is 59.9 Å². The van der Waals surface area contributed by atoms with E-state index in [1.165, 1.54) is 22.3 Å². The van der Waals surface area contributed by atoms with Crippen LogP contribution in [0.25, 0.3) is 11.1 Å². The summed E-state index contributed by atoms with van der Waals surface area (Å²) in [4.78, 5) is 0. The maximum atomic E-state index is 5.41. The first-order valence-electron chi connectivity index (χ1n) is 8.12. The molecule has 0 atom stereocenters. The second kappa shape index (κ2) is 6.77. The molecule has 0 saturated heterocycles. The number of benzene rings is 3. The minimum atomic E-state index is 0.319. The van der Waals surface area contributed by atoms with Crippen molar-refractivity contribution in [2.75, 3.05) is 6.79 Å². The smallest absolute Gasteiger partial charge is 0.231 e. The molecule has 1 heterocycles. The lowest BCUT2D eigenvalue weighted by molar-refractivity contribution is 0.174. The number of nitrogens with one attached hydrogen (secondary N) is 1. The highest BCUT2D eigenvalue weighted by Gasteiger charge is 2.12. The summed E-state index contributed by atoms with van der Waals surface area (Å²) in [7, 11) is 0. The van der Waals surface area contributed by atoms with Crippen LogP contribution >= 0.6 is 0 Å². The zero-order chi connectivity index (χ0) is 16.2. The summed E-state index contributed by atoms with van der Waals surface area (Å²) in [5.74, 6) is 1.66. The summed E-state index contributed by atoms with van der Waals surface area (Å²) >= 11 is 0. The van der Waals surface area contributed by atoms with Crippen LogP contribution in [-0.4, -0.2) is 6.79 Å². The van der Waals surface area contributed by atoms with Gasteiger partial charge in [-0.25, -0.2) is 0 Å². The van der Waals surface area contributed by atoms with Gasteiger partial charge in [0.2, 0.25) is 6.79 Å². The molecule has 0 radical (unpaired) electrons. The lowest BCUT2D eigenvalue weighted by atomic mass is 10.0. The largest absolute Gasteiger partial charge is 0.454 e. The summed E-state index contributed by atoms with van der Waals surface area (Å²) < 4.78 is 10.7. The minimum Gasteiger partial charge on any atom is -0.454 e. The summed E-state index contributed by atoms with van der Waals surface area (Å²) in [5, 5.41) is 3.47. The Morgan fingerprint density at radius 2 is 1.33 bits per heavy atom. The number of fused-ring (bicyclic) bond motifs is 1. The summed E-state index contributed by atoms with van der Waals surface area (Å²) in [6.45, 7) is 1.96. The predicted molar refractivity (Wildman–Crippen MR) is 95.0 cm³/mol. The van der Waals surface area contributed by atoms with Crippen LogP contribution in [0.4, 0.5) is 0 Å². The van der Waals surface area contributed by atoms with Crippen LogP contribution in [0.1, 0.15) is 11.1 Å². The fourth-order valence-electron chi connectivity index (χ4n) is 2.85. The van der Waals surface area contributed by atoms with Crippen molar-refractivity contribution in [2.45, 2.75) is 13.1 Å². The Morgan fingerprint density at radius 1 is 0.667 bits per heavy atom. The molecule has 0 aliphatic carbocycles. The van der Waals surface area contributed by atoms with Gasteiger partial charge in [0.05, 0.1) is 0 Å². The van der Waals surface area contributed by atoms with E-state index in [1.54, 1.807) is 0 Å². The van der Waals surface area contributed by atoms with E-state index in [-0.39, 0.29) is 0 Å². The third-order valence-corrected chi connectivity index (χ3v) is 4.16. The molecule has 120 valence electrons. The molecule has 3 aromatic rings. The molecule has 0 saturated carbocycles. The van der Waals surface area contributed by atoms with Crippen molar-refractivity contribution in [1.82, 2.24) is 5.32 Å². The van der Waals surface area contributed by atoms with Crippen LogP contribution in [0, 0.1) is 0 Å². The van der Waals surface area contributed by atoms with Crippen molar-refractivity contribution in [3.63, 3.8) is 0 Å². The molecule has 0 aromatic heterocycles. The second-order valence-electron chi connectivity index (χ2n) is 5.85. The van der Waals surface area contributed by atoms with Gasteiger partial charge < -0.3 is 14.8 Å².